The van der Waals surface area contributed by atoms with E-state index in [4.69, 9.17) is 0 Å². The maximum Gasteiger partial charge on any atom is 0.259 e. The van der Waals surface area contributed by atoms with Gasteiger partial charge in [0.05, 0.1) is 5.56 Å². The molecule has 0 fully saturated rings. The molecule has 2 aromatic rings. The van der Waals surface area contributed by atoms with Gasteiger partial charge in [0, 0.05) is 22.3 Å². The minimum atomic E-state index is -0.406. The minimum Gasteiger partial charge on any atom is -0.507 e. The van der Waals surface area contributed by atoms with Crippen LogP contribution in [-0.2, 0) is 4.79 Å². The van der Waals surface area contributed by atoms with Crippen LogP contribution in [0, 0.1) is 5.92 Å². The number of benzene rings is 2. The van der Waals surface area contributed by atoms with Crippen LogP contribution in [0.3, 0.4) is 0 Å². The predicted molar refractivity (Wildman–Crippen MR) is 98.3 cm³/mol. The second-order valence-electron chi connectivity index (χ2n) is 5.84. The Hall–Kier alpha value is -2.34. The first-order valence-corrected chi connectivity index (χ1v) is 8.34. The Morgan fingerprint density at radius 2 is 1.62 bits per heavy atom. The highest BCUT2D eigenvalue weighted by Crippen LogP contribution is 2.23. The Morgan fingerprint density at radius 3 is 2.17 bits per heavy atom. The maximum absolute atomic E-state index is 12.2. The second kappa shape index (κ2) is 7.97. The summed E-state index contributed by atoms with van der Waals surface area (Å²) in [6, 6.07) is 11.5. The van der Waals surface area contributed by atoms with Gasteiger partial charge in [0.2, 0.25) is 5.91 Å². The van der Waals surface area contributed by atoms with Gasteiger partial charge in [-0.1, -0.05) is 29.8 Å². The van der Waals surface area contributed by atoms with E-state index in [1.165, 1.54) is 12.1 Å². The van der Waals surface area contributed by atoms with Crippen LogP contribution in [-0.4, -0.2) is 16.9 Å². The molecule has 0 saturated heterocycles. The smallest absolute Gasteiger partial charge is 0.259 e. The average molecular weight is 391 g/mol. The van der Waals surface area contributed by atoms with E-state index >= 15 is 0 Å². The summed E-state index contributed by atoms with van der Waals surface area (Å²) in [4.78, 5) is 23.9. The second-order valence-corrected chi connectivity index (χ2v) is 6.75. The van der Waals surface area contributed by atoms with Crippen LogP contribution in [0.1, 0.15) is 30.6 Å². The Balaban J connectivity index is 2.01. The van der Waals surface area contributed by atoms with Crippen LogP contribution in [0.25, 0.3) is 0 Å². The fraction of sp³-hybridized carbons (Fsp3) is 0.222. The number of halogens is 1. The summed E-state index contributed by atoms with van der Waals surface area (Å²) in [7, 11) is 0. The van der Waals surface area contributed by atoms with Crippen molar-refractivity contribution < 1.29 is 14.7 Å². The summed E-state index contributed by atoms with van der Waals surface area (Å²) >= 11 is 3.23. The molecule has 2 rings (SSSR count). The Bertz CT molecular complexity index is 742. The quantitative estimate of drug-likeness (QED) is 0.707. The minimum absolute atomic E-state index is 0.0402. The van der Waals surface area contributed by atoms with Gasteiger partial charge in [-0.25, -0.2) is 0 Å². The van der Waals surface area contributed by atoms with Crippen LogP contribution >= 0.6 is 15.9 Å². The van der Waals surface area contributed by atoms with E-state index in [1.807, 2.05) is 13.8 Å². The largest absolute Gasteiger partial charge is 0.507 e. The summed E-state index contributed by atoms with van der Waals surface area (Å²) in [5.41, 5.74) is 1.43. The van der Waals surface area contributed by atoms with Gasteiger partial charge in [-0.05, 0) is 48.4 Å². The number of aromatic hydroxyl groups is 1. The Kier molecular flexibility index (Phi) is 5.98. The van der Waals surface area contributed by atoms with E-state index in [1.54, 1.807) is 30.3 Å². The van der Waals surface area contributed by atoms with Gasteiger partial charge in [0.25, 0.3) is 5.91 Å². The van der Waals surface area contributed by atoms with Gasteiger partial charge in [-0.3, -0.25) is 9.59 Å². The van der Waals surface area contributed by atoms with Crippen LogP contribution < -0.4 is 10.6 Å². The summed E-state index contributed by atoms with van der Waals surface area (Å²) < 4.78 is 0.693. The lowest BCUT2D eigenvalue weighted by Gasteiger charge is -2.10. The maximum atomic E-state index is 12.2. The lowest BCUT2D eigenvalue weighted by atomic mass is 10.1. The van der Waals surface area contributed by atoms with Gasteiger partial charge in [-0.15, -0.1) is 0 Å². The van der Waals surface area contributed by atoms with Gasteiger partial charge >= 0.3 is 0 Å². The summed E-state index contributed by atoms with van der Waals surface area (Å²) in [5.74, 6) is -0.250. The van der Waals surface area contributed by atoms with E-state index in [2.05, 4.69) is 26.6 Å². The van der Waals surface area contributed by atoms with Crippen molar-refractivity contribution >= 4 is 39.1 Å². The molecule has 126 valence electrons. The molecule has 0 atom stereocenters. The van der Waals surface area contributed by atoms with E-state index < -0.39 is 5.91 Å². The molecular weight excluding hydrogens is 372 g/mol. The number of carbonyl (C=O) groups excluding carboxylic acids is 2. The molecule has 6 heteroatoms. The van der Waals surface area contributed by atoms with Crippen molar-refractivity contribution in [1.29, 1.82) is 0 Å². The zero-order valence-electron chi connectivity index (χ0n) is 13.5. The first-order chi connectivity index (χ1) is 11.3. The summed E-state index contributed by atoms with van der Waals surface area (Å²) in [5, 5.41) is 15.3. The van der Waals surface area contributed by atoms with Crippen molar-refractivity contribution in [3.8, 4) is 5.75 Å². The number of nitrogens with one attached hydrogen (secondary N) is 2. The van der Waals surface area contributed by atoms with E-state index in [0.29, 0.717) is 28.2 Å². The van der Waals surface area contributed by atoms with E-state index in [0.717, 1.165) is 0 Å². The zero-order chi connectivity index (χ0) is 17.7. The Morgan fingerprint density at radius 1 is 1.04 bits per heavy atom. The SMILES string of the molecule is CC(C)CC(=O)Nc1ccc(NC(=O)c2ccc(Br)cc2O)cc1. The zero-order valence-corrected chi connectivity index (χ0v) is 15.1. The normalized spacial score (nSPS) is 10.5. The molecule has 24 heavy (non-hydrogen) atoms. The fourth-order valence-corrected chi connectivity index (χ4v) is 2.46. The highest BCUT2D eigenvalue weighted by atomic mass is 79.9. The van der Waals surface area contributed by atoms with Gasteiger partial charge in [0.15, 0.2) is 0 Å². The monoisotopic (exact) mass is 390 g/mol. The lowest BCUT2D eigenvalue weighted by molar-refractivity contribution is -0.116. The van der Waals surface area contributed by atoms with Gasteiger partial charge < -0.3 is 15.7 Å². The van der Waals surface area contributed by atoms with Crippen molar-refractivity contribution in [2.75, 3.05) is 10.6 Å². The molecule has 0 saturated carbocycles. The average Bonchev–Trinajstić information content (AvgIpc) is 2.48. The third-order valence-corrected chi connectivity index (χ3v) is 3.72. The molecule has 0 spiro atoms. The van der Waals surface area contributed by atoms with Crippen LogP contribution in [0.15, 0.2) is 46.9 Å². The predicted octanol–water partition coefficient (Wildman–Crippen LogP) is 4.39. The molecule has 0 bridgehead atoms. The number of phenols is 1. The van der Waals surface area contributed by atoms with E-state index in [-0.39, 0.29) is 17.2 Å². The first kappa shape index (κ1) is 18.0. The number of hydrogen-bond donors (Lipinski definition) is 3. The third-order valence-electron chi connectivity index (χ3n) is 3.22. The number of rotatable bonds is 5. The molecule has 0 aliphatic heterocycles. The molecular formula is C18H19BrN2O3. The molecule has 0 aromatic heterocycles. The van der Waals surface area contributed by atoms with Crippen LogP contribution in [0.5, 0.6) is 5.75 Å². The molecule has 2 aromatic carbocycles. The number of phenolic OH excluding ortho intramolecular Hbond substituents is 1. The highest BCUT2D eigenvalue weighted by Gasteiger charge is 2.12. The molecule has 3 N–H and O–H groups in total. The van der Waals surface area contributed by atoms with Crippen molar-refractivity contribution in [3.63, 3.8) is 0 Å². The highest BCUT2D eigenvalue weighted by molar-refractivity contribution is 9.10. The standard InChI is InChI=1S/C18H19BrN2O3/c1-11(2)9-17(23)20-13-4-6-14(7-5-13)21-18(24)15-8-3-12(19)10-16(15)22/h3-8,10-11,22H,9H2,1-2H3,(H,20,23)(H,21,24). The van der Waals surface area contributed by atoms with Crippen molar-refractivity contribution in [2.24, 2.45) is 5.92 Å². The fourth-order valence-electron chi connectivity index (χ4n) is 2.11. The van der Waals surface area contributed by atoms with Crippen LogP contribution in [0.4, 0.5) is 11.4 Å². The van der Waals surface area contributed by atoms with Crippen molar-refractivity contribution in [1.82, 2.24) is 0 Å². The van der Waals surface area contributed by atoms with Crippen molar-refractivity contribution in [3.05, 3.63) is 52.5 Å². The van der Waals surface area contributed by atoms with Crippen LogP contribution in [0.2, 0.25) is 0 Å². The molecule has 2 amide bonds. The Labute approximate surface area is 149 Å². The molecule has 0 aliphatic rings. The molecule has 5 nitrogen and oxygen atoms in total. The third kappa shape index (κ3) is 5.09. The molecule has 0 aliphatic carbocycles. The topological polar surface area (TPSA) is 78.4 Å². The van der Waals surface area contributed by atoms with E-state index in [9.17, 15) is 14.7 Å². The molecule has 0 unspecified atom stereocenters. The van der Waals surface area contributed by atoms with Gasteiger partial charge in [-0.2, -0.15) is 0 Å². The first-order valence-electron chi connectivity index (χ1n) is 7.55. The summed E-state index contributed by atoms with van der Waals surface area (Å²) in [6.07, 6.45) is 0.460. The summed E-state index contributed by atoms with van der Waals surface area (Å²) in [6.45, 7) is 3.96. The number of amides is 2. The molecule has 0 heterocycles. The lowest BCUT2D eigenvalue weighted by Crippen LogP contribution is -2.14. The van der Waals surface area contributed by atoms with Gasteiger partial charge in [0.1, 0.15) is 5.75 Å². The van der Waals surface area contributed by atoms with Crippen molar-refractivity contribution in [2.45, 2.75) is 20.3 Å². The number of anilines is 2. The number of hydrogen-bond acceptors (Lipinski definition) is 3. The number of carbonyl (C=O) groups is 2. The molecule has 0 radical (unpaired) electrons.